The lowest BCUT2D eigenvalue weighted by Crippen LogP contribution is -1.99. The Balaban J connectivity index is 3.83. The number of esters is 1. The summed E-state index contributed by atoms with van der Waals surface area (Å²) in [7, 11) is 1.13. The molecule has 0 amide bonds. The van der Waals surface area contributed by atoms with E-state index in [4.69, 9.17) is 0 Å². The van der Waals surface area contributed by atoms with E-state index in [1.807, 2.05) is 0 Å². The number of carbonyl (C=O) groups excluding carboxylic acids is 1. The first-order valence-electron chi connectivity index (χ1n) is 2.12. The van der Waals surface area contributed by atoms with Crippen molar-refractivity contribution >= 4 is 5.97 Å². The van der Waals surface area contributed by atoms with Crippen LogP contribution in [-0.2, 0) is 9.53 Å². The number of allylic oxidation sites excluding steroid dienone is 1. The van der Waals surface area contributed by atoms with E-state index in [1.165, 1.54) is 6.92 Å². The summed E-state index contributed by atoms with van der Waals surface area (Å²) in [5.74, 6) is -1.78. The Morgan fingerprint density at radius 1 is 1.75 bits per heavy atom. The van der Waals surface area contributed by atoms with Crippen LogP contribution in [0.1, 0.15) is 6.92 Å². The van der Waals surface area contributed by atoms with Gasteiger partial charge in [0.15, 0.2) is 0 Å². The summed E-state index contributed by atoms with van der Waals surface area (Å²) in [6.07, 6.45) is 1.05. The lowest BCUT2D eigenvalue weighted by molar-refractivity contribution is -0.137. The molecular weight excluding hydrogens is 111 g/mol. The highest BCUT2D eigenvalue weighted by atomic mass is 19.1. The number of ether oxygens (including phenoxy) is 1. The molecule has 0 aliphatic carbocycles. The Morgan fingerprint density at radius 3 is 2.38 bits per heavy atom. The lowest BCUT2D eigenvalue weighted by Gasteiger charge is -1.90. The van der Waals surface area contributed by atoms with Crippen molar-refractivity contribution in [1.82, 2.24) is 0 Å². The number of hydrogen-bond donors (Lipinski definition) is 0. The summed E-state index contributed by atoms with van der Waals surface area (Å²) in [6.45, 7) is 1.42. The number of methoxy groups -OCH3 is 1. The number of halogens is 1. The molecule has 0 N–H and O–H groups in total. The highest BCUT2D eigenvalue weighted by Crippen LogP contribution is 1.95. The highest BCUT2D eigenvalue weighted by molar-refractivity contribution is 5.85. The molecule has 0 rings (SSSR count). The minimum Gasteiger partial charge on any atom is -0.464 e. The first-order chi connectivity index (χ1) is 3.72. The predicted molar refractivity (Wildman–Crippen MR) is 26.9 cm³/mol. The van der Waals surface area contributed by atoms with Crippen molar-refractivity contribution < 1.29 is 13.9 Å². The SMILES string of the molecule is C/C=C(\F)C(=O)OC. The Kier molecular flexibility index (Phi) is 2.84. The molecule has 0 fully saturated rings. The molecule has 46 valence electrons. The minimum atomic E-state index is -0.924. The fraction of sp³-hybridized carbons (Fsp3) is 0.400. The molecule has 0 heterocycles. The van der Waals surface area contributed by atoms with Gasteiger partial charge in [-0.05, 0) is 13.0 Å². The second-order valence-corrected chi connectivity index (χ2v) is 1.13. The molecule has 0 aromatic rings. The molecule has 0 unspecified atom stereocenters. The largest absolute Gasteiger partial charge is 0.464 e. The summed E-state index contributed by atoms with van der Waals surface area (Å²) in [5, 5.41) is 0. The molecule has 0 aliphatic heterocycles. The molecule has 0 saturated heterocycles. The van der Waals surface area contributed by atoms with Crippen molar-refractivity contribution in [3.63, 3.8) is 0 Å². The van der Waals surface area contributed by atoms with Gasteiger partial charge in [-0.1, -0.05) is 0 Å². The van der Waals surface area contributed by atoms with E-state index < -0.39 is 11.8 Å². The Bertz CT molecular complexity index is 118. The van der Waals surface area contributed by atoms with E-state index in [0.29, 0.717) is 0 Å². The van der Waals surface area contributed by atoms with E-state index in [1.54, 1.807) is 0 Å². The van der Waals surface area contributed by atoms with Gasteiger partial charge in [0, 0.05) is 0 Å². The maximum absolute atomic E-state index is 11.9. The average Bonchev–Trinajstić information content (AvgIpc) is 1.84. The molecule has 8 heavy (non-hydrogen) atoms. The van der Waals surface area contributed by atoms with Crippen molar-refractivity contribution in [3.05, 3.63) is 11.9 Å². The molecular formula is C5H7FO2. The summed E-state index contributed by atoms with van der Waals surface area (Å²) in [5.41, 5.74) is 0. The normalized spacial score (nSPS) is 11.1. The molecule has 0 aromatic heterocycles. The van der Waals surface area contributed by atoms with Gasteiger partial charge in [-0.25, -0.2) is 4.79 Å². The molecule has 0 aromatic carbocycles. The Labute approximate surface area is 47.0 Å². The Hall–Kier alpha value is -0.860. The van der Waals surface area contributed by atoms with Crippen LogP contribution in [0.5, 0.6) is 0 Å². The molecule has 0 atom stereocenters. The van der Waals surface area contributed by atoms with Crippen LogP contribution < -0.4 is 0 Å². The van der Waals surface area contributed by atoms with Gasteiger partial charge in [0.2, 0.25) is 5.83 Å². The molecule has 0 saturated carbocycles. The molecule has 2 nitrogen and oxygen atoms in total. The third-order valence-corrected chi connectivity index (χ3v) is 0.634. The predicted octanol–water partition coefficient (Wildman–Crippen LogP) is 1.03. The number of hydrogen-bond acceptors (Lipinski definition) is 2. The van der Waals surface area contributed by atoms with Crippen molar-refractivity contribution in [3.8, 4) is 0 Å². The van der Waals surface area contributed by atoms with Crippen molar-refractivity contribution in [1.29, 1.82) is 0 Å². The van der Waals surface area contributed by atoms with Gasteiger partial charge >= 0.3 is 5.97 Å². The van der Waals surface area contributed by atoms with Gasteiger partial charge in [-0.15, -0.1) is 0 Å². The van der Waals surface area contributed by atoms with Gasteiger partial charge in [0.05, 0.1) is 7.11 Å². The zero-order valence-corrected chi connectivity index (χ0v) is 4.77. The van der Waals surface area contributed by atoms with Crippen LogP contribution in [0.3, 0.4) is 0 Å². The zero-order chi connectivity index (χ0) is 6.57. The number of rotatable bonds is 1. The van der Waals surface area contributed by atoms with Gasteiger partial charge in [0.1, 0.15) is 0 Å². The summed E-state index contributed by atoms with van der Waals surface area (Å²) in [4.78, 5) is 10.1. The van der Waals surface area contributed by atoms with Gasteiger partial charge in [-0.2, -0.15) is 4.39 Å². The topological polar surface area (TPSA) is 26.3 Å². The molecule has 0 spiro atoms. The third-order valence-electron chi connectivity index (χ3n) is 0.634. The van der Waals surface area contributed by atoms with E-state index in [9.17, 15) is 9.18 Å². The lowest BCUT2D eigenvalue weighted by atomic mass is 10.5. The standard InChI is InChI=1S/C5H7FO2/c1-3-4(6)5(7)8-2/h3H,1-2H3/b4-3-. The zero-order valence-electron chi connectivity index (χ0n) is 4.77. The minimum absolute atomic E-state index is 0.854. The van der Waals surface area contributed by atoms with Crippen LogP contribution in [0.15, 0.2) is 11.9 Å². The molecule has 0 bridgehead atoms. The highest BCUT2D eigenvalue weighted by Gasteiger charge is 2.03. The average molecular weight is 118 g/mol. The van der Waals surface area contributed by atoms with Gasteiger partial charge in [-0.3, -0.25) is 0 Å². The van der Waals surface area contributed by atoms with Crippen LogP contribution in [-0.4, -0.2) is 13.1 Å². The summed E-state index contributed by atoms with van der Waals surface area (Å²) in [6, 6.07) is 0. The van der Waals surface area contributed by atoms with E-state index in [2.05, 4.69) is 4.74 Å². The molecule has 0 aliphatic rings. The Morgan fingerprint density at radius 2 is 2.25 bits per heavy atom. The third kappa shape index (κ3) is 1.73. The second-order valence-electron chi connectivity index (χ2n) is 1.13. The van der Waals surface area contributed by atoms with E-state index in [0.717, 1.165) is 13.2 Å². The fourth-order valence-electron chi connectivity index (χ4n) is 0.215. The second kappa shape index (κ2) is 3.18. The van der Waals surface area contributed by atoms with Crippen LogP contribution in [0.2, 0.25) is 0 Å². The van der Waals surface area contributed by atoms with Crippen molar-refractivity contribution in [2.75, 3.05) is 7.11 Å². The van der Waals surface area contributed by atoms with Crippen LogP contribution in [0.4, 0.5) is 4.39 Å². The first kappa shape index (κ1) is 7.14. The molecule has 3 heteroatoms. The van der Waals surface area contributed by atoms with Crippen LogP contribution in [0.25, 0.3) is 0 Å². The first-order valence-corrected chi connectivity index (χ1v) is 2.12. The van der Waals surface area contributed by atoms with E-state index >= 15 is 0 Å². The van der Waals surface area contributed by atoms with Gasteiger partial charge in [0.25, 0.3) is 0 Å². The molecule has 0 radical (unpaired) electrons. The van der Waals surface area contributed by atoms with Crippen molar-refractivity contribution in [2.24, 2.45) is 0 Å². The van der Waals surface area contributed by atoms with Crippen molar-refractivity contribution in [2.45, 2.75) is 6.92 Å². The monoisotopic (exact) mass is 118 g/mol. The van der Waals surface area contributed by atoms with Gasteiger partial charge < -0.3 is 4.74 Å². The van der Waals surface area contributed by atoms with E-state index in [-0.39, 0.29) is 0 Å². The smallest absolute Gasteiger partial charge is 0.366 e. The van der Waals surface area contributed by atoms with Crippen LogP contribution >= 0.6 is 0 Å². The number of carbonyl (C=O) groups is 1. The summed E-state index contributed by atoms with van der Waals surface area (Å²) >= 11 is 0. The van der Waals surface area contributed by atoms with Crippen LogP contribution in [0, 0.1) is 0 Å². The maximum Gasteiger partial charge on any atom is 0.366 e. The fourth-order valence-corrected chi connectivity index (χ4v) is 0.215. The maximum atomic E-state index is 11.9. The summed E-state index contributed by atoms with van der Waals surface area (Å²) < 4.78 is 15.9. The quantitative estimate of drug-likeness (QED) is 0.379.